The third-order valence-corrected chi connectivity index (χ3v) is 4.51. The first-order valence-corrected chi connectivity index (χ1v) is 7.92. The summed E-state index contributed by atoms with van der Waals surface area (Å²) < 4.78 is 1.55. The highest BCUT2D eigenvalue weighted by molar-refractivity contribution is 5.42. The van der Waals surface area contributed by atoms with Gasteiger partial charge in [0, 0.05) is 36.5 Å². The predicted molar refractivity (Wildman–Crippen MR) is 82.9 cm³/mol. The van der Waals surface area contributed by atoms with Crippen molar-refractivity contribution in [2.75, 3.05) is 11.4 Å². The van der Waals surface area contributed by atoms with Crippen molar-refractivity contribution >= 4 is 5.82 Å². The molecule has 2 fully saturated rings. The molecule has 0 N–H and O–H groups in total. The molecule has 1 unspecified atom stereocenters. The molecule has 114 valence electrons. The molecule has 0 spiro atoms. The van der Waals surface area contributed by atoms with Crippen LogP contribution in [-0.4, -0.2) is 32.3 Å². The summed E-state index contributed by atoms with van der Waals surface area (Å²) >= 11 is 0. The van der Waals surface area contributed by atoms with Gasteiger partial charge in [0.05, 0.1) is 12.6 Å². The van der Waals surface area contributed by atoms with Gasteiger partial charge in [-0.3, -0.25) is 4.79 Å². The van der Waals surface area contributed by atoms with Crippen LogP contribution in [0.4, 0.5) is 5.82 Å². The van der Waals surface area contributed by atoms with E-state index in [1.807, 2.05) is 0 Å². The standard InChI is InChI=1S/C16H19N5O/c22-16-4-1-7-19-21(16)10-13-3-2-8-20(13)15-9-14(12-5-6-12)17-11-18-15/h1,4,7,9,11-13H,2-3,5-6,8,10H2. The summed E-state index contributed by atoms with van der Waals surface area (Å²) in [5, 5.41) is 4.17. The molecule has 2 aromatic heterocycles. The highest BCUT2D eigenvalue weighted by atomic mass is 16.1. The maximum absolute atomic E-state index is 11.9. The van der Waals surface area contributed by atoms with Crippen LogP contribution in [0, 0.1) is 0 Å². The average molecular weight is 297 g/mol. The summed E-state index contributed by atoms with van der Waals surface area (Å²) in [5.41, 5.74) is 1.11. The zero-order valence-corrected chi connectivity index (χ0v) is 12.4. The van der Waals surface area contributed by atoms with E-state index in [0.29, 0.717) is 12.5 Å². The lowest BCUT2D eigenvalue weighted by atomic mass is 10.2. The fourth-order valence-electron chi connectivity index (χ4n) is 3.17. The monoisotopic (exact) mass is 297 g/mol. The Kier molecular flexibility index (Phi) is 3.36. The molecule has 0 aromatic carbocycles. The molecule has 4 rings (SSSR count). The van der Waals surface area contributed by atoms with Crippen molar-refractivity contribution in [2.45, 2.75) is 44.2 Å². The first kappa shape index (κ1) is 13.4. The molecule has 22 heavy (non-hydrogen) atoms. The normalized spacial score (nSPS) is 21.3. The van der Waals surface area contributed by atoms with Gasteiger partial charge in [-0.05, 0) is 31.7 Å². The maximum atomic E-state index is 11.9. The van der Waals surface area contributed by atoms with Gasteiger partial charge in [0.1, 0.15) is 12.1 Å². The minimum Gasteiger partial charge on any atom is -0.352 e. The van der Waals surface area contributed by atoms with Crippen LogP contribution in [-0.2, 0) is 6.54 Å². The molecule has 1 atom stereocenters. The number of anilines is 1. The van der Waals surface area contributed by atoms with Gasteiger partial charge < -0.3 is 4.90 Å². The molecular formula is C16H19N5O. The quantitative estimate of drug-likeness (QED) is 0.857. The van der Waals surface area contributed by atoms with Gasteiger partial charge in [-0.15, -0.1) is 0 Å². The number of nitrogens with zero attached hydrogens (tertiary/aromatic N) is 5. The second kappa shape index (κ2) is 5.51. The summed E-state index contributed by atoms with van der Waals surface area (Å²) in [7, 11) is 0. The van der Waals surface area contributed by atoms with Crippen LogP contribution in [0.2, 0.25) is 0 Å². The molecule has 2 aliphatic rings. The summed E-state index contributed by atoms with van der Waals surface area (Å²) in [6.07, 6.45) is 8.00. The molecule has 1 saturated heterocycles. The van der Waals surface area contributed by atoms with Crippen molar-refractivity contribution in [3.8, 4) is 0 Å². The zero-order valence-electron chi connectivity index (χ0n) is 12.4. The van der Waals surface area contributed by atoms with Crippen molar-refractivity contribution in [3.05, 3.63) is 46.8 Å². The van der Waals surface area contributed by atoms with E-state index in [9.17, 15) is 4.79 Å². The van der Waals surface area contributed by atoms with E-state index in [-0.39, 0.29) is 11.6 Å². The van der Waals surface area contributed by atoms with Gasteiger partial charge in [-0.1, -0.05) is 0 Å². The van der Waals surface area contributed by atoms with Crippen LogP contribution in [0.5, 0.6) is 0 Å². The lowest BCUT2D eigenvalue weighted by Gasteiger charge is -2.26. The fraction of sp³-hybridized carbons (Fsp3) is 0.500. The molecule has 3 heterocycles. The van der Waals surface area contributed by atoms with Crippen molar-refractivity contribution in [1.29, 1.82) is 0 Å². The number of hydrogen-bond acceptors (Lipinski definition) is 5. The molecule has 6 nitrogen and oxygen atoms in total. The van der Waals surface area contributed by atoms with Crippen LogP contribution >= 0.6 is 0 Å². The summed E-state index contributed by atoms with van der Waals surface area (Å²) in [4.78, 5) is 23.0. The highest BCUT2D eigenvalue weighted by Crippen LogP contribution is 2.39. The Morgan fingerprint density at radius 3 is 2.95 bits per heavy atom. The van der Waals surface area contributed by atoms with E-state index >= 15 is 0 Å². The lowest BCUT2D eigenvalue weighted by Crippen LogP contribution is -2.37. The minimum atomic E-state index is -0.0456. The second-order valence-corrected chi connectivity index (χ2v) is 6.11. The largest absolute Gasteiger partial charge is 0.352 e. The first-order valence-electron chi connectivity index (χ1n) is 7.92. The number of aromatic nitrogens is 4. The molecule has 6 heteroatoms. The Morgan fingerprint density at radius 1 is 1.23 bits per heavy atom. The van der Waals surface area contributed by atoms with Crippen LogP contribution in [0.3, 0.4) is 0 Å². The SMILES string of the molecule is O=c1cccnn1CC1CCCN1c1cc(C2CC2)ncn1. The van der Waals surface area contributed by atoms with E-state index in [2.05, 4.69) is 26.0 Å². The third-order valence-electron chi connectivity index (χ3n) is 4.51. The van der Waals surface area contributed by atoms with Gasteiger partial charge in [-0.2, -0.15) is 5.10 Å². The van der Waals surface area contributed by atoms with Crippen molar-refractivity contribution in [1.82, 2.24) is 19.7 Å². The van der Waals surface area contributed by atoms with Gasteiger partial charge in [-0.25, -0.2) is 14.6 Å². The third kappa shape index (κ3) is 2.61. The second-order valence-electron chi connectivity index (χ2n) is 6.11. The molecule has 0 bridgehead atoms. The molecular weight excluding hydrogens is 278 g/mol. The van der Waals surface area contributed by atoms with E-state index < -0.39 is 0 Å². The van der Waals surface area contributed by atoms with Crippen LogP contribution in [0.25, 0.3) is 0 Å². The van der Waals surface area contributed by atoms with Gasteiger partial charge >= 0.3 is 0 Å². The van der Waals surface area contributed by atoms with Crippen molar-refractivity contribution < 1.29 is 0 Å². The molecule has 1 aliphatic heterocycles. The Hall–Kier alpha value is -2.24. The van der Waals surface area contributed by atoms with Crippen molar-refractivity contribution in [2.24, 2.45) is 0 Å². The minimum absolute atomic E-state index is 0.0456. The molecule has 0 amide bonds. The van der Waals surface area contributed by atoms with E-state index in [4.69, 9.17) is 0 Å². The lowest BCUT2D eigenvalue weighted by molar-refractivity contribution is 0.487. The number of hydrogen-bond donors (Lipinski definition) is 0. The van der Waals surface area contributed by atoms with Gasteiger partial charge in [0.25, 0.3) is 5.56 Å². The summed E-state index contributed by atoms with van der Waals surface area (Å²) in [6, 6.07) is 5.63. The van der Waals surface area contributed by atoms with Crippen LogP contribution < -0.4 is 10.5 Å². The Morgan fingerprint density at radius 2 is 2.14 bits per heavy atom. The van der Waals surface area contributed by atoms with Gasteiger partial charge in [0.15, 0.2) is 0 Å². The average Bonchev–Trinajstić information content (AvgIpc) is 3.30. The van der Waals surface area contributed by atoms with Crippen LogP contribution in [0.15, 0.2) is 35.5 Å². The zero-order chi connectivity index (χ0) is 14.9. The first-order chi connectivity index (χ1) is 10.8. The predicted octanol–water partition coefficient (Wildman–Crippen LogP) is 1.58. The topological polar surface area (TPSA) is 63.9 Å². The van der Waals surface area contributed by atoms with Crippen molar-refractivity contribution in [3.63, 3.8) is 0 Å². The van der Waals surface area contributed by atoms with E-state index in [1.54, 1.807) is 29.3 Å². The molecule has 0 radical (unpaired) electrons. The van der Waals surface area contributed by atoms with E-state index in [0.717, 1.165) is 30.9 Å². The maximum Gasteiger partial charge on any atom is 0.266 e. The smallest absolute Gasteiger partial charge is 0.266 e. The highest BCUT2D eigenvalue weighted by Gasteiger charge is 2.29. The Balaban J connectivity index is 1.57. The van der Waals surface area contributed by atoms with E-state index in [1.165, 1.54) is 12.8 Å². The fourth-order valence-corrected chi connectivity index (χ4v) is 3.17. The molecule has 1 saturated carbocycles. The Bertz CT molecular complexity index is 724. The molecule has 1 aliphatic carbocycles. The molecule has 2 aromatic rings. The number of rotatable bonds is 4. The van der Waals surface area contributed by atoms with Gasteiger partial charge in [0.2, 0.25) is 0 Å². The Labute approximate surface area is 128 Å². The summed E-state index contributed by atoms with van der Waals surface area (Å²) in [5.74, 6) is 1.62. The van der Waals surface area contributed by atoms with Crippen LogP contribution in [0.1, 0.15) is 37.3 Å². The summed E-state index contributed by atoms with van der Waals surface area (Å²) in [6.45, 7) is 1.59.